The summed E-state index contributed by atoms with van der Waals surface area (Å²) in [4.78, 5) is 16.5. The first-order chi connectivity index (χ1) is 7.40. The fourth-order valence-electron chi connectivity index (χ4n) is 2.25. The number of piperazine rings is 1. The van der Waals surface area contributed by atoms with Crippen molar-refractivity contribution in [2.75, 3.05) is 32.7 Å². The number of hydrogen-bond donors (Lipinski definition) is 0. The number of hydrogen-bond acceptors (Lipinski definition) is 2. The average molecular weight is 265 g/mol. The summed E-state index contributed by atoms with van der Waals surface area (Å²) in [6.07, 6.45) is 0.579. The molecule has 1 aliphatic heterocycles. The highest BCUT2D eigenvalue weighted by Crippen LogP contribution is 2.64. The molecule has 0 aromatic carbocycles. The monoisotopic (exact) mass is 264 g/mol. The standard InChI is InChI=1S/C11H18Cl2N2O/c1-3-14-4-6-15(7-5-14)9(16)10(2)8-11(10,12)13/h3-8H2,1-2H3/t10-/m1/s1. The molecule has 92 valence electrons. The fraction of sp³-hybridized carbons (Fsp3) is 0.909. The lowest BCUT2D eigenvalue weighted by molar-refractivity contribution is -0.138. The maximum Gasteiger partial charge on any atom is 0.231 e. The largest absolute Gasteiger partial charge is 0.340 e. The van der Waals surface area contributed by atoms with E-state index >= 15 is 0 Å². The average Bonchev–Trinajstić information content (AvgIpc) is 2.79. The van der Waals surface area contributed by atoms with Gasteiger partial charge in [-0.25, -0.2) is 0 Å². The van der Waals surface area contributed by atoms with E-state index in [1.54, 1.807) is 0 Å². The highest BCUT2D eigenvalue weighted by Gasteiger charge is 2.68. The fourth-order valence-corrected chi connectivity index (χ4v) is 2.94. The zero-order chi connectivity index (χ0) is 12.0. The molecule has 0 N–H and O–H groups in total. The Morgan fingerprint density at radius 2 is 1.75 bits per heavy atom. The number of alkyl halides is 2. The molecule has 0 radical (unpaired) electrons. The summed E-state index contributed by atoms with van der Waals surface area (Å²) >= 11 is 12.1. The second-order valence-electron chi connectivity index (χ2n) is 4.94. The van der Waals surface area contributed by atoms with E-state index in [4.69, 9.17) is 23.2 Å². The van der Waals surface area contributed by atoms with Gasteiger partial charge in [-0.1, -0.05) is 6.92 Å². The van der Waals surface area contributed by atoms with Gasteiger partial charge in [0.05, 0.1) is 5.41 Å². The predicted octanol–water partition coefficient (Wildman–Crippen LogP) is 1.73. The van der Waals surface area contributed by atoms with Gasteiger partial charge in [0.2, 0.25) is 5.91 Å². The molecule has 2 fully saturated rings. The quantitative estimate of drug-likeness (QED) is 0.710. The molecule has 0 bridgehead atoms. The van der Waals surface area contributed by atoms with Crippen LogP contribution in [0.4, 0.5) is 0 Å². The minimum Gasteiger partial charge on any atom is -0.340 e. The molecule has 2 rings (SSSR count). The predicted molar refractivity (Wildman–Crippen MR) is 65.9 cm³/mol. The lowest BCUT2D eigenvalue weighted by Gasteiger charge is -2.35. The van der Waals surface area contributed by atoms with Crippen molar-refractivity contribution in [3.05, 3.63) is 0 Å². The molecule has 0 spiro atoms. The van der Waals surface area contributed by atoms with Crippen LogP contribution in [0.25, 0.3) is 0 Å². The normalized spacial score (nSPS) is 33.9. The van der Waals surface area contributed by atoms with Crippen LogP contribution in [0.3, 0.4) is 0 Å². The van der Waals surface area contributed by atoms with E-state index in [0.29, 0.717) is 6.42 Å². The number of carbonyl (C=O) groups is 1. The van der Waals surface area contributed by atoms with Gasteiger partial charge in [-0.15, -0.1) is 23.2 Å². The molecule has 1 saturated carbocycles. The molecule has 0 unspecified atom stereocenters. The summed E-state index contributed by atoms with van der Waals surface area (Å²) in [5.41, 5.74) is -0.551. The molecule has 0 aromatic heterocycles. The van der Waals surface area contributed by atoms with Crippen molar-refractivity contribution in [1.82, 2.24) is 9.80 Å². The van der Waals surface area contributed by atoms with Gasteiger partial charge in [0, 0.05) is 26.2 Å². The molecule has 1 atom stereocenters. The molecule has 1 aliphatic carbocycles. The Hall–Kier alpha value is 0.01000. The molecular formula is C11H18Cl2N2O. The topological polar surface area (TPSA) is 23.6 Å². The van der Waals surface area contributed by atoms with Gasteiger partial charge >= 0.3 is 0 Å². The van der Waals surface area contributed by atoms with E-state index in [1.807, 2.05) is 11.8 Å². The third-order valence-electron chi connectivity index (χ3n) is 3.84. The van der Waals surface area contributed by atoms with Crippen LogP contribution in [-0.2, 0) is 4.79 Å². The second-order valence-corrected chi connectivity index (χ2v) is 6.42. The van der Waals surface area contributed by atoms with Crippen LogP contribution < -0.4 is 0 Å². The van der Waals surface area contributed by atoms with E-state index in [2.05, 4.69) is 11.8 Å². The van der Waals surface area contributed by atoms with Crippen molar-refractivity contribution >= 4 is 29.1 Å². The van der Waals surface area contributed by atoms with Crippen LogP contribution in [0, 0.1) is 5.41 Å². The Kier molecular flexibility index (Phi) is 3.15. The van der Waals surface area contributed by atoms with Crippen LogP contribution in [-0.4, -0.2) is 52.8 Å². The van der Waals surface area contributed by atoms with Crippen molar-refractivity contribution in [2.45, 2.75) is 24.6 Å². The number of rotatable bonds is 2. The van der Waals surface area contributed by atoms with Crippen molar-refractivity contribution in [2.24, 2.45) is 5.41 Å². The molecule has 1 heterocycles. The van der Waals surface area contributed by atoms with Crippen LogP contribution in [0.2, 0.25) is 0 Å². The van der Waals surface area contributed by atoms with Gasteiger partial charge in [0.1, 0.15) is 4.33 Å². The summed E-state index contributed by atoms with van der Waals surface area (Å²) in [6, 6.07) is 0. The molecule has 5 heteroatoms. The van der Waals surface area contributed by atoms with Gasteiger partial charge in [-0.05, 0) is 19.9 Å². The lowest BCUT2D eigenvalue weighted by Crippen LogP contribution is -2.50. The van der Waals surface area contributed by atoms with Crippen molar-refractivity contribution in [3.8, 4) is 0 Å². The lowest BCUT2D eigenvalue weighted by atomic mass is 10.1. The van der Waals surface area contributed by atoms with E-state index in [9.17, 15) is 4.79 Å². The van der Waals surface area contributed by atoms with Crippen molar-refractivity contribution in [3.63, 3.8) is 0 Å². The second kappa shape index (κ2) is 4.04. The third-order valence-corrected chi connectivity index (χ3v) is 4.94. The molecule has 2 aliphatic rings. The number of likely N-dealkylation sites (N-methyl/N-ethyl adjacent to an activating group) is 1. The summed E-state index contributed by atoms with van der Waals surface area (Å²) in [5, 5.41) is 0. The van der Waals surface area contributed by atoms with E-state index in [-0.39, 0.29) is 5.91 Å². The highest BCUT2D eigenvalue weighted by molar-refractivity contribution is 6.53. The maximum absolute atomic E-state index is 12.2. The minimum atomic E-state index is -0.841. The van der Waals surface area contributed by atoms with E-state index in [0.717, 1.165) is 32.7 Å². The molecule has 1 amide bonds. The molecule has 16 heavy (non-hydrogen) atoms. The van der Waals surface area contributed by atoms with E-state index in [1.165, 1.54) is 0 Å². The van der Waals surface area contributed by atoms with Crippen molar-refractivity contribution < 1.29 is 4.79 Å². The van der Waals surface area contributed by atoms with Gasteiger partial charge in [0.25, 0.3) is 0 Å². The van der Waals surface area contributed by atoms with Gasteiger partial charge < -0.3 is 9.80 Å². The van der Waals surface area contributed by atoms with Crippen LogP contribution in [0.15, 0.2) is 0 Å². The first-order valence-electron chi connectivity index (χ1n) is 5.80. The first kappa shape index (κ1) is 12.5. The Morgan fingerprint density at radius 3 is 2.12 bits per heavy atom. The molecule has 1 saturated heterocycles. The number of carbonyl (C=O) groups excluding carboxylic acids is 1. The van der Waals surface area contributed by atoms with Crippen LogP contribution >= 0.6 is 23.2 Å². The SMILES string of the molecule is CCN1CCN(C(=O)[C@@]2(C)CC2(Cl)Cl)CC1. The maximum atomic E-state index is 12.2. The first-order valence-corrected chi connectivity index (χ1v) is 6.56. The van der Waals surface area contributed by atoms with Gasteiger partial charge in [-0.2, -0.15) is 0 Å². The smallest absolute Gasteiger partial charge is 0.231 e. The molecule has 3 nitrogen and oxygen atoms in total. The van der Waals surface area contributed by atoms with Gasteiger partial charge in [0.15, 0.2) is 0 Å². The Balaban J connectivity index is 1.93. The summed E-state index contributed by atoms with van der Waals surface area (Å²) < 4.78 is -0.841. The minimum absolute atomic E-state index is 0.119. The highest BCUT2D eigenvalue weighted by atomic mass is 35.5. The zero-order valence-corrected chi connectivity index (χ0v) is 11.3. The van der Waals surface area contributed by atoms with Gasteiger partial charge in [-0.3, -0.25) is 4.79 Å². The Labute approximate surface area is 107 Å². The third kappa shape index (κ3) is 1.93. The summed E-state index contributed by atoms with van der Waals surface area (Å²) in [7, 11) is 0. The Bertz CT molecular complexity index is 300. The summed E-state index contributed by atoms with van der Waals surface area (Å²) in [6.45, 7) is 8.56. The van der Waals surface area contributed by atoms with Crippen molar-refractivity contribution in [1.29, 1.82) is 0 Å². The number of nitrogens with zero attached hydrogens (tertiary/aromatic N) is 2. The molecular weight excluding hydrogens is 247 g/mol. The number of halogens is 2. The summed E-state index contributed by atoms with van der Waals surface area (Å²) in [5.74, 6) is 0.119. The molecule has 0 aromatic rings. The van der Waals surface area contributed by atoms with Crippen LogP contribution in [0.1, 0.15) is 20.3 Å². The van der Waals surface area contributed by atoms with Crippen LogP contribution in [0.5, 0.6) is 0 Å². The van der Waals surface area contributed by atoms with E-state index < -0.39 is 9.75 Å². The Morgan fingerprint density at radius 1 is 1.25 bits per heavy atom. The zero-order valence-electron chi connectivity index (χ0n) is 9.80. The number of amides is 1.